The van der Waals surface area contributed by atoms with Crippen molar-refractivity contribution in [1.82, 2.24) is 10.6 Å². The van der Waals surface area contributed by atoms with Crippen molar-refractivity contribution in [3.8, 4) is 11.5 Å². The number of phenols is 2. The molecule has 0 spiro atoms. The lowest BCUT2D eigenvalue weighted by atomic mass is 9.92. The van der Waals surface area contributed by atoms with Crippen molar-refractivity contribution in [2.75, 3.05) is 13.1 Å². The Hall–Kier alpha value is -1.46. The first-order chi connectivity index (χ1) is 12.7. The summed E-state index contributed by atoms with van der Waals surface area (Å²) in [5, 5.41) is 26.7. The van der Waals surface area contributed by atoms with Crippen molar-refractivity contribution in [3.05, 3.63) is 59.7 Å². The molecule has 0 amide bonds. The average Bonchev–Trinajstić information content (AvgIpc) is 2.65. The van der Waals surface area contributed by atoms with Crippen LogP contribution in [0.25, 0.3) is 0 Å². The van der Waals surface area contributed by atoms with Gasteiger partial charge in [-0.3, -0.25) is 0 Å². The van der Waals surface area contributed by atoms with E-state index < -0.39 is 0 Å². The summed E-state index contributed by atoms with van der Waals surface area (Å²) in [4.78, 5) is 0. The zero-order valence-electron chi connectivity index (χ0n) is 16.7. The Kier molecular flexibility index (Phi) is 13.8. The number of benzene rings is 2. The van der Waals surface area contributed by atoms with E-state index in [1.165, 1.54) is 0 Å². The number of unbranched alkanes of at least 4 members (excludes halogenated alkanes) is 2. The molecule has 0 bridgehead atoms. The van der Waals surface area contributed by atoms with Crippen molar-refractivity contribution in [2.45, 2.75) is 51.6 Å². The predicted molar refractivity (Wildman–Crippen MR) is 122 cm³/mol. The van der Waals surface area contributed by atoms with E-state index in [1.54, 1.807) is 24.3 Å². The van der Waals surface area contributed by atoms with Gasteiger partial charge in [0, 0.05) is 0 Å². The molecule has 0 aliphatic heterocycles. The third-order valence-electron chi connectivity index (χ3n) is 4.63. The third kappa shape index (κ3) is 8.27. The molecular weight excluding hydrogens is 395 g/mol. The standard InChI is InChI=1S/C22H32N2O2.2ClH/c1-3-5-15-23-21(17-7-11-19(25)12-8-17)22(24-16-6-4-2)18-9-13-20(26)14-10-18;;/h7-14,21-26H,3-6,15-16H2,1-2H3;2*1H. The highest BCUT2D eigenvalue weighted by atomic mass is 35.5. The molecule has 28 heavy (non-hydrogen) atoms. The molecule has 0 aliphatic carbocycles. The fourth-order valence-electron chi connectivity index (χ4n) is 3.09. The quantitative estimate of drug-likeness (QED) is 0.356. The molecule has 0 aliphatic rings. The Morgan fingerprint density at radius 2 is 0.964 bits per heavy atom. The van der Waals surface area contributed by atoms with Crippen molar-refractivity contribution in [3.63, 3.8) is 0 Å². The van der Waals surface area contributed by atoms with Crippen molar-refractivity contribution in [2.24, 2.45) is 0 Å². The SMILES string of the molecule is CCCCNC(c1ccc(O)cc1)C(NCCCC)c1ccc(O)cc1.Cl.Cl. The second-order valence-corrected chi connectivity index (χ2v) is 6.75. The maximum absolute atomic E-state index is 9.65. The maximum atomic E-state index is 9.65. The molecular formula is C22H34Cl2N2O2. The molecule has 0 radical (unpaired) electrons. The smallest absolute Gasteiger partial charge is 0.115 e. The molecule has 0 heterocycles. The number of nitrogens with one attached hydrogen (secondary N) is 2. The summed E-state index contributed by atoms with van der Waals surface area (Å²) >= 11 is 0. The van der Waals surface area contributed by atoms with E-state index in [9.17, 15) is 10.2 Å². The molecule has 2 aromatic rings. The van der Waals surface area contributed by atoms with Gasteiger partial charge in [0.2, 0.25) is 0 Å². The van der Waals surface area contributed by atoms with E-state index in [-0.39, 0.29) is 48.4 Å². The first-order valence-corrected chi connectivity index (χ1v) is 9.70. The van der Waals surface area contributed by atoms with E-state index in [0.717, 1.165) is 49.9 Å². The first-order valence-electron chi connectivity index (χ1n) is 9.70. The highest BCUT2D eigenvalue weighted by Crippen LogP contribution is 2.31. The fraction of sp³-hybridized carbons (Fsp3) is 0.455. The zero-order valence-corrected chi connectivity index (χ0v) is 18.4. The van der Waals surface area contributed by atoms with Gasteiger partial charge in [-0.05, 0) is 61.3 Å². The predicted octanol–water partition coefficient (Wildman–Crippen LogP) is 5.50. The van der Waals surface area contributed by atoms with Crippen LogP contribution in [0.4, 0.5) is 0 Å². The lowest BCUT2D eigenvalue weighted by Crippen LogP contribution is -2.36. The maximum Gasteiger partial charge on any atom is 0.115 e. The van der Waals surface area contributed by atoms with E-state index >= 15 is 0 Å². The van der Waals surface area contributed by atoms with Gasteiger partial charge in [0.15, 0.2) is 0 Å². The van der Waals surface area contributed by atoms with E-state index in [4.69, 9.17) is 0 Å². The van der Waals surface area contributed by atoms with Gasteiger partial charge in [-0.25, -0.2) is 0 Å². The second kappa shape index (κ2) is 14.5. The molecule has 0 aromatic heterocycles. The Morgan fingerprint density at radius 3 is 1.25 bits per heavy atom. The number of hydrogen-bond donors (Lipinski definition) is 4. The van der Waals surface area contributed by atoms with Crippen LogP contribution < -0.4 is 10.6 Å². The van der Waals surface area contributed by atoms with Crippen molar-refractivity contribution < 1.29 is 10.2 Å². The normalized spacial score (nSPS) is 12.5. The number of hydrogen-bond acceptors (Lipinski definition) is 4. The fourth-order valence-corrected chi connectivity index (χ4v) is 3.09. The van der Waals surface area contributed by atoms with Crippen molar-refractivity contribution in [1.29, 1.82) is 0 Å². The lowest BCUT2D eigenvalue weighted by Gasteiger charge is -2.30. The molecule has 2 unspecified atom stereocenters. The molecule has 0 fully saturated rings. The summed E-state index contributed by atoms with van der Waals surface area (Å²) in [5.74, 6) is 0.558. The Labute approximate surface area is 181 Å². The van der Waals surface area contributed by atoms with Crippen LogP contribution >= 0.6 is 24.8 Å². The van der Waals surface area contributed by atoms with Gasteiger partial charge in [-0.1, -0.05) is 51.0 Å². The molecule has 158 valence electrons. The topological polar surface area (TPSA) is 64.5 Å². The summed E-state index contributed by atoms with van der Waals surface area (Å²) in [5.41, 5.74) is 2.28. The number of aromatic hydroxyl groups is 2. The Balaban J connectivity index is 0.00000364. The molecule has 2 atom stereocenters. The molecule has 0 saturated carbocycles. The van der Waals surface area contributed by atoms with Gasteiger partial charge in [0.1, 0.15) is 11.5 Å². The van der Waals surface area contributed by atoms with Gasteiger partial charge in [0.25, 0.3) is 0 Å². The minimum Gasteiger partial charge on any atom is -0.508 e. The Morgan fingerprint density at radius 1 is 0.643 bits per heavy atom. The molecule has 2 rings (SSSR count). The molecule has 2 aromatic carbocycles. The molecule has 4 nitrogen and oxygen atoms in total. The van der Waals surface area contributed by atoms with Gasteiger partial charge in [-0.15, -0.1) is 24.8 Å². The number of phenolic OH excluding ortho intramolecular Hbond substituents is 2. The Bertz CT molecular complexity index is 578. The van der Waals surface area contributed by atoms with Crippen LogP contribution in [0.5, 0.6) is 11.5 Å². The lowest BCUT2D eigenvalue weighted by molar-refractivity contribution is 0.378. The highest BCUT2D eigenvalue weighted by Gasteiger charge is 2.24. The molecule has 4 N–H and O–H groups in total. The largest absolute Gasteiger partial charge is 0.508 e. The molecule has 6 heteroatoms. The summed E-state index contributed by atoms with van der Waals surface area (Å²) in [6.45, 7) is 6.25. The summed E-state index contributed by atoms with van der Waals surface area (Å²) in [7, 11) is 0. The van der Waals surface area contributed by atoms with Crippen LogP contribution in [0, 0.1) is 0 Å². The van der Waals surface area contributed by atoms with Crippen LogP contribution in [-0.2, 0) is 0 Å². The van der Waals surface area contributed by atoms with Crippen LogP contribution in [0.15, 0.2) is 48.5 Å². The van der Waals surface area contributed by atoms with Gasteiger partial charge in [0.05, 0.1) is 12.1 Å². The van der Waals surface area contributed by atoms with Gasteiger partial charge < -0.3 is 20.8 Å². The summed E-state index contributed by atoms with van der Waals surface area (Å²) in [6, 6.07) is 15.1. The second-order valence-electron chi connectivity index (χ2n) is 6.75. The minimum absolute atomic E-state index is 0. The third-order valence-corrected chi connectivity index (χ3v) is 4.63. The van der Waals surface area contributed by atoms with Crippen LogP contribution in [-0.4, -0.2) is 23.3 Å². The van der Waals surface area contributed by atoms with Crippen LogP contribution in [0.3, 0.4) is 0 Å². The monoisotopic (exact) mass is 428 g/mol. The van der Waals surface area contributed by atoms with Crippen molar-refractivity contribution >= 4 is 24.8 Å². The van der Waals surface area contributed by atoms with E-state index in [0.29, 0.717) is 0 Å². The number of halogens is 2. The summed E-state index contributed by atoms with van der Waals surface area (Å²) < 4.78 is 0. The van der Waals surface area contributed by atoms with Crippen LogP contribution in [0.1, 0.15) is 62.7 Å². The number of rotatable bonds is 11. The van der Waals surface area contributed by atoms with E-state index in [2.05, 4.69) is 24.5 Å². The van der Waals surface area contributed by atoms with E-state index in [1.807, 2.05) is 24.3 Å². The molecule has 0 saturated heterocycles. The summed E-state index contributed by atoms with van der Waals surface area (Å²) in [6.07, 6.45) is 4.52. The minimum atomic E-state index is 0. The zero-order chi connectivity index (χ0) is 18.8. The van der Waals surface area contributed by atoms with Gasteiger partial charge in [-0.2, -0.15) is 0 Å². The van der Waals surface area contributed by atoms with Gasteiger partial charge >= 0.3 is 0 Å². The van der Waals surface area contributed by atoms with Crippen LogP contribution in [0.2, 0.25) is 0 Å². The highest BCUT2D eigenvalue weighted by molar-refractivity contribution is 5.85. The average molecular weight is 429 g/mol. The first kappa shape index (κ1) is 26.5.